The van der Waals surface area contributed by atoms with Crippen LogP contribution in [0.3, 0.4) is 0 Å². The molecule has 0 aliphatic carbocycles. The standard InChI is InChI=1S/C11H16N4O2S/c1-7(16)15-4-2-8(3-5-15)13-11(17)9-6-10(12)18-14-9/h6,8H,2-5,12H2,1H3,(H,13,17). The van der Waals surface area contributed by atoms with Gasteiger partial charge < -0.3 is 16.0 Å². The minimum atomic E-state index is -0.191. The number of rotatable bonds is 2. The lowest BCUT2D eigenvalue weighted by molar-refractivity contribution is -0.129. The molecule has 1 aromatic rings. The van der Waals surface area contributed by atoms with Crippen LogP contribution in [0.2, 0.25) is 0 Å². The summed E-state index contributed by atoms with van der Waals surface area (Å²) in [5, 5.41) is 3.45. The Morgan fingerprint density at radius 3 is 2.67 bits per heavy atom. The Balaban J connectivity index is 1.85. The largest absolute Gasteiger partial charge is 0.389 e. The summed E-state index contributed by atoms with van der Waals surface area (Å²) in [6.07, 6.45) is 1.57. The van der Waals surface area contributed by atoms with Crippen LogP contribution in [0.5, 0.6) is 0 Å². The number of carbonyl (C=O) groups excluding carboxylic acids is 2. The molecule has 2 rings (SSSR count). The van der Waals surface area contributed by atoms with Gasteiger partial charge in [0.25, 0.3) is 5.91 Å². The summed E-state index contributed by atoms with van der Waals surface area (Å²) < 4.78 is 3.96. The first-order chi connectivity index (χ1) is 8.56. The number of hydrogen-bond donors (Lipinski definition) is 2. The van der Waals surface area contributed by atoms with Crippen molar-refractivity contribution in [2.45, 2.75) is 25.8 Å². The molecule has 0 saturated carbocycles. The second kappa shape index (κ2) is 5.34. The summed E-state index contributed by atoms with van der Waals surface area (Å²) >= 11 is 1.11. The van der Waals surface area contributed by atoms with Crippen molar-refractivity contribution in [2.24, 2.45) is 0 Å². The van der Waals surface area contributed by atoms with Gasteiger partial charge in [-0.25, -0.2) is 0 Å². The van der Waals surface area contributed by atoms with E-state index in [1.807, 2.05) is 0 Å². The minimum absolute atomic E-state index is 0.0899. The van der Waals surface area contributed by atoms with Gasteiger partial charge in [0.05, 0.1) is 0 Å². The highest BCUT2D eigenvalue weighted by molar-refractivity contribution is 7.10. The molecule has 0 bridgehead atoms. The molecule has 2 heterocycles. The summed E-state index contributed by atoms with van der Waals surface area (Å²) in [4.78, 5) is 24.8. The minimum Gasteiger partial charge on any atom is -0.389 e. The number of likely N-dealkylation sites (tertiary alicyclic amines) is 1. The molecular weight excluding hydrogens is 252 g/mol. The van der Waals surface area contributed by atoms with E-state index < -0.39 is 0 Å². The predicted octanol–water partition coefficient (Wildman–Crippen LogP) is 0.466. The highest BCUT2D eigenvalue weighted by Crippen LogP contribution is 2.14. The number of carbonyl (C=O) groups is 2. The maximum Gasteiger partial charge on any atom is 0.271 e. The van der Waals surface area contributed by atoms with Gasteiger partial charge in [-0.2, -0.15) is 4.37 Å². The summed E-state index contributed by atoms with van der Waals surface area (Å²) in [6, 6.07) is 1.68. The highest BCUT2D eigenvalue weighted by Gasteiger charge is 2.22. The topological polar surface area (TPSA) is 88.3 Å². The van der Waals surface area contributed by atoms with E-state index in [4.69, 9.17) is 5.73 Å². The predicted molar refractivity (Wildman–Crippen MR) is 69.3 cm³/mol. The van der Waals surface area contributed by atoms with Crippen LogP contribution in [0.1, 0.15) is 30.3 Å². The zero-order valence-electron chi connectivity index (χ0n) is 10.2. The van der Waals surface area contributed by atoms with Gasteiger partial charge in [0.2, 0.25) is 5.91 Å². The van der Waals surface area contributed by atoms with Crippen LogP contribution in [0, 0.1) is 0 Å². The van der Waals surface area contributed by atoms with Gasteiger partial charge in [-0.3, -0.25) is 9.59 Å². The number of aromatic nitrogens is 1. The van der Waals surface area contributed by atoms with Crippen molar-refractivity contribution in [3.05, 3.63) is 11.8 Å². The van der Waals surface area contributed by atoms with E-state index in [2.05, 4.69) is 9.69 Å². The summed E-state index contributed by atoms with van der Waals surface area (Å²) in [5.41, 5.74) is 5.90. The summed E-state index contributed by atoms with van der Waals surface area (Å²) in [7, 11) is 0. The number of nitrogens with one attached hydrogen (secondary N) is 1. The third-order valence-electron chi connectivity index (χ3n) is 3.04. The van der Waals surface area contributed by atoms with Crippen molar-refractivity contribution >= 4 is 28.3 Å². The van der Waals surface area contributed by atoms with Crippen molar-refractivity contribution in [2.75, 3.05) is 18.8 Å². The van der Waals surface area contributed by atoms with Crippen LogP contribution in [0.15, 0.2) is 6.07 Å². The average molecular weight is 268 g/mol. The number of amides is 2. The second-order valence-corrected chi connectivity index (χ2v) is 5.20. The van der Waals surface area contributed by atoms with Gasteiger partial charge in [0.1, 0.15) is 10.7 Å². The molecule has 1 saturated heterocycles. The lowest BCUT2D eigenvalue weighted by Crippen LogP contribution is -2.46. The lowest BCUT2D eigenvalue weighted by Gasteiger charge is -2.31. The van der Waals surface area contributed by atoms with Crippen molar-refractivity contribution in [1.82, 2.24) is 14.6 Å². The number of hydrogen-bond acceptors (Lipinski definition) is 5. The Kier molecular flexibility index (Phi) is 3.81. The molecule has 0 unspecified atom stereocenters. The van der Waals surface area contributed by atoms with Gasteiger partial charge in [0, 0.05) is 32.1 Å². The lowest BCUT2D eigenvalue weighted by atomic mass is 10.0. The first-order valence-corrected chi connectivity index (χ1v) is 6.62. The van der Waals surface area contributed by atoms with E-state index in [9.17, 15) is 9.59 Å². The second-order valence-electron chi connectivity index (χ2n) is 4.37. The van der Waals surface area contributed by atoms with Gasteiger partial charge in [-0.1, -0.05) is 0 Å². The first-order valence-electron chi connectivity index (χ1n) is 5.85. The van der Waals surface area contributed by atoms with Crippen LogP contribution in [-0.4, -0.2) is 40.2 Å². The molecule has 0 aromatic carbocycles. The SMILES string of the molecule is CC(=O)N1CCC(NC(=O)c2cc(N)sn2)CC1. The van der Waals surface area contributed by atoms with Crippen LogP contribution >= 0.6 is 11.5 Å². The fraction of sp³-hybridized carbons (Fsp3) is 0.545. The third kappa shape index (κ3) is 2.98. The molecule has 98 valence electrons. The van der Waals surface area contributed by atoms with Crippen LogP contribution in [-0.2, 0) is 4.79 Å². The van der Waals surface area contributed by atoms with Crippen molar-refractivity contribution in [3.63, 3.8) is 0 Å². The number of anilines is 1. The number of nitrogens with zero attached hydrogens (tertiary/aromatic N) is 2. The van der Waals surface area contributed by atoms with Gasteiger partial charge in [0.15, 0.2) is 0 Å². The van der Waals surface area contributed by atoms with E-state index in [1.54, 1.807) is 17.9 Å². The monoisotopic (exact) mass is 268 g/mol. The fourth-order valence-electron chi connectivity index (χ4n) is 1.99. The smallest absolute Gasteiger partial charge is 0.271 e. The molecule has 0 atom stereocenters. The van der Waals surface area contributed by atoms with Gasteiger partial charge in [-0.05, 0) is 24.4 Å². The normalized spacial score (nSPS) is 16.6. The Morgan fingerprint density at radius 2 is 2.17 bits per heavy atom. The fourth-order valence-corrected chi connectivity index (χ4v) is 2.50. The van der Waals surface area contributed by atoms with Crippen LogP contribution in [0.4, 0.5) is 5.00 Å². The van der Waals surface area contributed by atoms with Crippen molar-refractivity contribution in [1.29, 1.82) is 0 Å². The average Bonchev–Trinajstić information content (AvgIpc) is 2.76. The third-order valence-corrected chi connectivity index (χ3v) is 3.65. The Bertz CT molecular complexity index is 452. The van der Waals surface area contributed by atoms with E-state index in [0.29, 0.717) is 23.8 Å². The highest BCUT2D eigenvalue weighted by atomic mass is 32.1. The number of nitrogen functional groups attached to an aromatic ring is 1. The number of piperidine rings is 1. The maximum atomic E-state index is 11.8. The summed E-state index contributed by atoms with van der Waals surface area (Å²) in [5.74, 6) is -0.101. The quantitative estimate of drug-likeness (QED) is 0.816. The van der Waals surface area contributed by atoms with E-state index in [0.717, 1.165) is 24.4 Å². The molecule has 1 aromatic heterocycles. The maximum absolute atomic E-state index is 11.8. The Morgan fingerprint density at radius 1 is 1.50 bits per heavy atom. The molecule has 0 spiro atoms. The van der Waals surface area contributed by atoms with Crippen molar-refractivity contribution < 1.29 is 9.59 Å². The van der Waals surface area contributed by atoms with Gasteiger partial charge in [-0.15, -0.1) is 0 Å². The molecule has 7 heteroatoms. The molecule has 2 amide bonds. The van der Waals surface area contributed by atoms with E-state index in [-0.39, 0.29) is 17.9 Å². The molecule has 6 nitrogen and oxygen atoms in total. The van der Waals surface area contributed by atoms with Crippen molar-refractivity contribution in [3.8, 4) is 0 Å². The molecule has 1 aliphatic heterocycles. The van der Waals surface area contributed by atoms with Crippen LogP contribution < -0.4 is 11.1 Å². The molecule has 18 heavy (non-hydrogen) atoms. The zero-order chi connectivity index (χ0) is 13.1. The molecule has 3 N–H and O–H groups in total. The van der Waals surface area contributed by atoms with E-state index in [1.165, 1.54) is 0 Å². The first kappa shape index (κ1) is 12.8. The molecule has 1 aliphatic rings. The molecule has 1 fully saturated rings. The van der Waals surface area contributed by atoms with Gasteiger partial charge >= 0.3 is 0 Å². The number of nitrogens with two attached hydrogens (primary N) is 1. The summed E-state index contributed by atoms with van der Waals surface area (Å²) in [6.45, 7) is 2.95. The van der Waals surface area contributed by atoms with E-state index >= 15 is 0 Å². The Labute approximate surface area is 109 Å². The Hall–Kier alpha value is -1.63. The van der Waals surface area contributed by atoms with Crippen LogP contribution in [0.25, 0.3) is 0 Å². The zero-order valence-corrected chi connectivity index (χ0v) is 11.0. The molecular formula is C11H16N4O2S. The molecule has 0 radical (unpaired) electrons.